The Labute approximate surface area is 482 Å². The van der Waals surface area contributed by atoms with E-state index in [4.69, 9.17) is 9.72 Å². The zero-order valence-corrected chi connectivity index (χ0v) is 49.9. The van der Waals surface area contributed by atoms with Crippen molar-refractivity contribution in [1.82, 2.24) is 14.1 Å². The van der Waals surface area contributed by atoms with Crippen LogP contribution < -0.4 is 9.30 Å². The molecular formula is C73H70N4OPt-2. The molecular weight excluding hydrogens is 1140 g/mol. The van der Waals surface area contributed by atoms with E-state index in [0.29, 0.717) is 11.5 Å². The third-order valence-electron chi connectivity index (χ3n) is 16.1. The number of hydrogen-bond donors (Lipinski definition) is 0. The summed E-state index contributed by atoms with van der Waals surface area (Å²) in [5.74, 6) is 1.99. The van der Waals surface area contributed by atoms with Crippen molar-refractivity contribution < 1.29 is 30.4 Å². The largest absolute Gasteiger partial charge is 0.510 e. The van der Waals surface area contributed by atoms with Crippen LogP contribution in [0.15, 0.2) is 206 Å². The monoisotopic (exact) mass is 1210 g/mol. The van der Waals surface area contributed by atoms with Crippen molar-refractivity contribution in [1.29, 1.82) is 0 Å². The van der Waals surface area contributed by atoms with Gasteiger partial charge in [0.1, 0.15) is 5.82 Å². The van der Waals surface area contributed by atoms with Crippen LogP contribution in [0.4, 0.5) is 0 Å². The second-order valence-electron chi connectivity index (χ2n) is 24.6. The smallest absolute Gasteiger partial charge is 0.267 e. The molecule has 79 heavy (non-hydrogen) atoms. The molecule has 5 nitrogen and oxygen atoms in total. The number of aromatic nitrogens is 4. The number of pyridine rings is 1. The summed E-state index contributed by atoms with van der Waals surface area (Å²) in [6.45, 7) is 27.5. The zero-order valence-electron chi connectivity index (χ0n) is 47.6. The van der Waals surface area contributed by atoms with Crippen LogP contribution in [0.25, 0.3) is 50.1 Å². The Balaban J connectivity index is 0.00000704. The van der Waals surface area contributed by atoms with Gasteiger partial charge in [0.2, 0.25) is 0 Å². The summed E-state index contributed by atoms with van der Waals surface area (Å²) in [6.07, 6.45) is 5.97. The number of rotatable bonds is 12. The van der Waals surface area contributed by atoms with Gasteiger partial charge in [0.15, 0.2) is 0 Å². The average molecular weight is 1210 g/mol. The SMILES string of the molecule is CC(C)(C)c1ccnc(-n2c3[c-]c(Oc4[c-]c(-n5[c-][n+](-c6cc(-c7ccccc7)cc(C(C)(C)c7ccccc7)c6)c(C(C)(C)c6ccccc6)c5C(C)(C)c5ccccc5)ccc4)ccc3c3cc(C(C)(C)C)ccc32)c1.[Pt]. The fourth-order valence-corrected chi connectivity index (χ4v) is 11.3. The van der Waals surface area contributed by atoms with E-state index in [0.717, 1.165) is 61.5 Å². The van der Waals surface area contributed by atoms with Gasteiger partial charge in [0.05, 0.1) is 17.1 Å². The predicted molar refractivity (Wildman–Crippen MR) is 321 cm³/mol. The molecule has 0 aliphatic heterocycles. The summed E-state index contributed by atoms with van der Waals surface area (Å²) < 4.78 is 13.7. The van der Waals surface area contributed by atoms with Gasteiger partial charge >= 0.3 is 0 Å². The minimum atomic E-state index is -0.546. The molecule has 8 aromatic carbocycles. The van der Waals surface area contributed by atoms with Crippen LogP contribution in [0.2, 0.25) is 0 Å². The summed E-state index contributed by atoms with van der Waals surface area (Å²) in [6, 6.07) is 79.4. The van der Waals surface area contributed by atoms with Gasteiger partial charge in [-0.2, -0.15) is 18.2 Å². The number of nitrogens with zero attached hydrogens (tertiary/aromatic N) is 4. The van der Waals surface area contributed by atoms with Gasteiger partial charge in [0.25, 0.3) is 6.33 Å². The van der Waals surface area contributed by atoms with Gasteiger partial charge in [-0.25, -0.2) is 4.98 Å². The van der Waals surface area contributed by atoms with E-state index in [2.05, 4.69) is 303 Å². The fraction of sp³-hybridized carbons (Fsp3) is 0.233. The Bertz CT molecular complexity index is 3970. The number of ether oxygens (including phenoxy) is 1. The first-order valence-electron chi connectivity index (χ1n) is 27.4. The molecule has 400 valence electrons. The normalized spacial score (nSPS) is 12.5. The van der Waals surface area contributed by atoms with E-state index < -0.39 is 10.8 Å². The Morgan fingerprint density at radius 1 is 0.443 bits per heavy atom. The van der Waals surface area contributed by atoms with Crippen molar-refractivity contribution in [2.24, 2.45) is 0 Å². The van der Waals surface area contributed by atoms with E-state index in [9.17, 15) is 0 Å². The van der Waals surface area contributed by atoms with Crippen LogP contribution in [0.1, 0.15) is 128 Å². The average Bonchev–Trinajstić information content (AvgIpc) is 4.27. The first kappa shape index (κ1) is 54.8. The van der Waals surface area contributed by atoms with Crippen molar-refractivity contribution in [2.75, 3.05) is 0 Å². The Hall–Kier alpha value is -7.59. The second kappa shape index (κ2) is 20.9. The molecule has 0 saturated heterocycles. The Morgan fingerprint density at radius 3 is 1.63 bits per heavy atom. The topological polar surface area (TPSA) is 35.9 Å². The Morgan fingerprint density at radius 2 is 1.01 bits per heavy atom. The number of benzene rings is 8. The first-order valence-corrected chi connectivity index (χ1v) is 27.4. The van der Waals surface area contributed by atoms with Gasteiger partial charge in [-0.05, 0) is 96.7 Å². The molecule has 0 saturated carbocycles. The maximum absolute atomic E-state index is 6.94. The van der Waals surface area contributed by atoms with E-state index in [1.807, 2.05) is 18.3 Å². The molecule has 0 aliphatic carbocycles. The molecule has 6 heteroatoms. The molecule has 0 amide bonds. The van der Waals surface area contributed by atoms with Gasteiger partial charge in [-0.3, -0.25) is 4.57 Å². The maximum atomic E-state index is 6.94. The van der Waals surface area contributed by atoms with Gasteiger partial charge in [-0.15, -0.1) is 29.7 Å². The van der Waals surface area contributed by atoms with Crippen LogP contribution in [-0.4, -0.2) is 14.1 Å². The molecule has 0 aliphatic rings. The Kier molecular flexibility index (Phi) is 14.5. The van der Waals surface area contributed by atoms with Crippen molar-refractivity contribution in [3.05, 3.63) is 270 Å². The third kappa shape index (κ3) is 10.4. The van der Waals surface area contributed by atoms with Crippen LogP contribution in [0.5, 0.6) is 11.5 Å². The summed E-state index contributed by atoms with van der Waals surface area (Å²) >= 11 is 0. The van der Waals surface area contributed by atoms with Crippen LogP contribution in [-0.2, 0) is 48.1 Å². The number of imidazole rings is 1. The molecule has 0 spiro atoms. The molecule has 11 aromatic rings. The second-order valence-corrected chi connectivity index (χ2v) is 24.6. The van der Waals surface area contributed by atoms with Crippen LogP contribution >= 0.6 is 0 Å². The fourth-order valence-electron chi connectivity index (χ4n) is 11.3. The third-order valence-corrected chi connectivity index (χ3v) is 16.1. The maximum Gasteiger partial charge on any atom is 0.267 e. The van der Waals surface area contributed by atoms with Gasteiger partial charge < -0.3 is 13.9 Å². The van der Waals surface area contributed by atoms with Crippen molar-refractivity contribution >= 4 is 21.8 Å². The van der Waals surface area contributed by atoms with E-state index in [1.165, 1.54) is 33.4 Å². The quantitative estimate of drug-likeness (QED) is 0.0903. The predicted octanol–water partition coefficient (Wildman–Crippen LogP) is 17.7. The minimum absolute atomic E-state index is 0. The van der Waals surface area contributed by atoms with E-state index in [-0.39, 0.29) is 37.3 Å². The van der Waals surface area contributed by atoms with Gasteiger partial charge in [-0.1, -0.05) is 228 Å². The first-order chi connectivity index (χ1) is 37.2. The van der Waals surface area contributed by atoms with Crippen molar-refractivity contribution in [3.8, 4) is 39.8 Å². The minimum Gasteiger partial charge on any atom is -0.510 e. The molecule has 0 unspecified atom stereocenters. The molecule has 3 aromatic heterocycles. The van der Waals surface area contributed by atoms with Crippen LogP contribution in [0.3, 0.4) is 0 Å². The molecule has 0 bridgehead atoms. The van der Waals surface area contributed by atoms with Crippen molar-refractivity contribution in [3.63, 3.8) is 0 Å². The van der Waals surface area contributed by atoms with Crippen molar-refractivity contribution in [2.45, 2.75) is 110 Å². The molecule has 11 rings (SSSR count). The summed E-state index contributed by atoms with van der Waals surface area (Å²) in [4.78, 5) is 4.98. The van der Waals surface area contributed by atoms with Gasteiger partial charge in [0, 0.05) is 60.5 Å². The van der Waals surface area contributed by atoms with Crippen LogP contribution in [0, 0.1) is 18.5 Å². The molecule has 3 heterocycles. The number of fused-ring (bicyclic) bond motifs is 3. The van der Waals surface area contributed by atoms with E-state index in [1.54, 1.807) is 0 Å². The molecule has 0 atom stereocenters. The van der Waals surface area contributed by atoms with E-state index >= 15 is 0 Å². The standard InChI is InChI=1S/C73H70N4O.Pt/c1-69(2,3)55-36-39-64-63(45-55)62-38-37-61(48-65(62)77(64)66-46-56(40-41-74-66)70(4,5)6)78-60-35-25-34-58(47-60)75-49-76(68(73(11,12)54-32-23-16-24-33-54)67(75)72(9,10)53-30-21-15-22-31-53)59-43-51(50-26-17-13-18-27-50)42-57(44-59)71(7,8)52-28-19-14-20-29-52;/h13-46H,1-12H3;/q-2;. The molecule has 0 fully saturated rings. The number of hydrogen-bond acceptors (Lipinski definition) is 2. The summed E-state index contributed by atoms with van der Waals surface area (Å²) in [5, 5.41) is 2.24. The summed E-state index contributed by atoms with van der Waals surface area (Å²) in [5.41, 5.74) is 14.1. The summed E-state index contributed by atoms with van der Waals surface area (Å²) in [7, 11) is 0. The molecule has 0 radical (unpaired) electrons. The zero-order chi connectivity index (χ0) is 54.8. The molecule has 0 N–H and O–H groups in total.